The maximum Gasteiger partial charge on any atom is 0.248 e. The number of rotatable bonds is 7. The molecule has 3 aromatic rings. The molecule has 2 aromatic carbocycles. The molecular weight excluding hydrogens is 380 g/mol. The number of amides is 1. The van der Waals surface area contributed by atoms with E-state index >= 15 is 0 Å². The van der Waals surface area contributed by atoms with Crippen molar-refractivity contribution in [3.05, 3.63) is 78.1 Å². The van der Waals surface area contributed by atoms with Gasteiger partial charge in [0, 0.05) is 21.9 Å². The fourth-order valence-corrected chi connectivity index (χ4v) is 4.65. The molecule has 1 fully saturated rings. The van der Waals surface area contributed by atoms with E-state index in [1.54, 1.807) is 10.8 Å². The van der Waals surface area contributed by atoms with Crippen LogP contribution in [0.5, 0.6) is 0 Å². The lowest BCUT2D eigenvalue weighted by Crippen LogP contribution is -2.07. The molecule has 0 aliphatic heterocycles. The van der Waals surface area contributed by atoms with Crippen LogP contribution in [0.3, 0.4) is 0 Å². The molecule has 0 spiro atoms. The normalized spacial score (nSPS) is 14.5. The molecule has 1 N–H and O–H groups in total. The van der Waals surface area contributed by atoms with Crippen molar-refractivity contribution < 1.29 is 4.79 Å². The van der Waals surface area contributed by atoms with Gasteiger partial charge in [-0.3, -0.25) is 4.79 Å². The van der Waals surface area contributed by atoms with Gasteiger partial charge in [0.25, 0.3) is 0 Å². The zero-order valence-electron chi connectivity index (χ0n) is 16.2. The van der Waals surface area contributed by atoms with Crippen molar-refractivity contribution in [2.45, 2.75) is 42.4 Å². The Morgan fingerprint density at radius 2 is 1.86 bits per heavy atom. The van der Waals surface area contributed by atoms with Crippen molar-refractivity contribution in [2.24, 2.45) is 0 Å². The van der Waals surface area contributed by atoms with E-state index in [-0.39, 0.29) is 5.91 Å². The molecule has 5 nitrogen and oxygen atoms in total. The van der Waals surface area contributed by atoms with E-state index in [1.807, 2.05) is 60.4 Å². The van der Waals surface area contributed by atoms with Gasteiger partial charge >= 0.3 is 0 Å². The van der Waals surface area contributed by atoms with E-state index in [4.69, 9.17) is 0 Å². The minimum absolute atomic E-state index is 0.182. The first kappa shape index (κ1) is 19.5. The molecular formula is C23H24N4OS. The largest absolute Gasteiger partial charge is 0.323 e. The van der Waals surface area contributed by atoms with Crippen LogP contribution in [0.1, 0.15) is 36.9 Å². The maximum atomic E-state index is 12.2. The van der Waals surface area contributed by atoms with E-state index in [1.165, 1.54) is 36.7 Å². The van der Waals surface area contributed by atoms with Crippen LogP contribution in [0, 0.1) is 0 Å². The van der Waals surface area contributed by atoms with Gasteiger partial charge in [-0.15, -0.1) is 16.9 Å². The number of benzene rings is 2. The smallest absolute Gasteiger partial charge is 0.248 e. The number of anilines is 1. The monoisotopic (exact) mass is 404 g/mol. The molecule has 0 atom stereocenters. The average Bonchev–Trinajstić information content (AvgIpc) is 3.41. The third-order valence-corrected chi connectivity index (χ3v) is 6.23. The minimum atomic E-state index is -0.182. The van der Waals surface area contributed by atoms with Gasteiger partial charge in [0.1, 0.15) is 5.69 Å². The standard InChI is InChI=1S/C23H24N4OS/c28-23(24-19-10-13-22(14-11-19)29-21-8-4-5-9-21)15-12-20-17-27(26-25-20)16-18-6-2-1-3-7-18/h1-3,6-7,10-15,17,21H,4-5,8-9,16H2,(H,24,28)/b15-12+. The van der Waals surface area contributed by atoms with E-state index in [9.17, 15) is 4.79 Å². The zero-order valence-corrected chi connectivity index (χ0v) is 17.0. The van der Waals surface area contributed by atoms with Gasteiger partial charge in [0.2, 0.25) is 5.91 Å². The Hall–Kier alpha value is -2.86. The number of carbonyl (C=O) groups is 1. The van der Waals surface area contributed by atoms with Crippen LogP contribution in [0.4, 0.5) is 5.69 Å². The van der Waals surface area contributed by atoms with Crippen LogP contribution in [0.25, 0.3) is 6.08 Å². The predicted octanol–water partition coefficient (Wildman–Crippen LogP) is 5.01. The second-order valence-electron chi connectivity index (χ2n) is 7.20. The van der Waals surface area contributed by atoms with E-state index in [0.29, 0.717) is 12.2 Å². The lowest BCUT2D eigenvalue weighted by atomic mass is 10.2. The van der Waals surface area contributed by atoms with Crippen LogP contribution in [0.2, 0.25) is 0 Å². The Kier molecular flexibility index (Phi) is 6.42. The van der Waals surface area contributed by atoms with Gasteiger partial charge < -0.3 is 5.32 Å². The zero-order chi connectivity index (χ0) is 19.9. The van der Waals surface area contributed by atoms with Crippen LogP contribution in [-0.4, -0.2) is 26.2 Å². The van der Waals surface area contributed by atoms with Crippen molar-refractivity contribution >= 4 is 29.4 Å². The summed E-state index contributed by atoms with van der Waals surface area (Å²) >= 11 is 1.94. The SMILES string of the molecule is O=C(/C=C/c1cn(Cc2ccccc2)nn1)Nc1ccc(SC2CCCC2)cc1. The quantitative estimate of drug-likeness (QED) is 0.562. The predicted molar refractivity (Wildman–Crippen MR) is 118 cm³/mol. The fourth-order valence-electron chi connectivity index (χ4n) is 3.40. The van der Waals surface area contributed by atoms with Crippen molar-refractivity contribution in [1.29, 1.82) is 0 Å². The molecule has 29 heavy (non-hydrogen) atoms. The van der Waals surface area contributed by atoms with Gasteiger partial charge in [-0.1, -0.05) is 48.4 Å². The summed E-state index contributed by atoms with van der Waals surface area (Å²) in [4.78, 5) is 13.5. The molecule has 1 amide bonds. The second-order valence-corrected chi connectivity index (χ2v) is 8.57. The molecule has 1 aliphatic carbocycles. The number of nitrogens with zero attached hydrogens (tertiary/aromatic N) is 3. The Balaban J connectivity index is 1.28. The average molecular weight is 405 g/mol. The highest BCUT2D eigenvalue weighted by Gasteiger charge is 2.15. The van der Waals surface area contributed by atoms with Crippen molar-refractivity contribution in [2.75, 3.05) is 5.32 Å². The third kappa shape index (κ3) is 5.81. The number of hydrogen-bond donors (Lipinski definition) is 1. The first-order chi connectivity index (χ1) is 14.2. The maximum absolute atomic E-state index is 12.2. The Morgan fingerprint density at radius 1 is 1.10 bits per heavy atom. The highest BCUT2D eigenvalue weighted by atomic mass is 32.2. The summed E-state index contributed by atoms with van der Waals surface area (Å²) in [5.74, 6) is -0.182. The lowest BCUT2D eigenvalue weighted by molar-refractivity contribution is -0.111. The summed E-state index contributed by atoms with van der Waals surface area (Å²) in [5, 5.41) is 11.8. The summed E-state index contributed by atoms with van der Waals surface area (Å²) in [5.41, 5.74) is 2.60. The molecule has 1 aromatic heterocycles. The van der Waals surface area contributed by atoms with E-state index < -0.39 is 0 Å². The van der Waals surface area contributed by atoms with Crippen LogP contribution in [0.15, 0.2) is 71.8 Å². The Bertz CT molecular complexity index is 960. The Morgan fingerprint density at radius 3 is 2.62 bits per heavy atom. The fraction of sp³-hybridized carbons (Fsp3) is 0.261. The summed E-state index contributed by atoms with van der Waals surface area (Å²) in [6, 6.07) is 18.1. The molecule has 1 aliphatic rings. The van der Waals surface area contributed by atoms with Gasteiger partial charge in [-0.05, 0) is 48.7 Å². The number of carbonyl (C=O) groups excluding carboxylic acids is 1. The van der Waals surface area contributed by atoms with E-state index in [2.05, 4.69) is 27.8 Å². The number of nitrogens with one attached hydrogen (secondary N) is 1. The number of thioether (sulfide) groups is 1. The molecule has 0 saturated heterocycles. The summed E-state index contributed by atoms with van der Waals surface area (Å²) in [6.45, 7) is 0.652. The van der Waals surface area contributed by atoms with Gasteiger partial charge in [0.15, 0.2) is 0 Å². The molecule has 6 heteroatoms. The molecule has 0 unspecified atom stereocenters. The van der Waals surface area contributed by atoms with Crippen LogP contribution < -0.4 is 5.32 Å². The number of aromatic nitrogens is 3. The highest BCUT2D eigenvalue weighted by molar-refractivity contribution is 8.00. The molecule has 0 bridgehead atoms. The van der Waals surface area contributed by atoms with Crippen LogP contribution in [-0.2, 0) is 11.3 Å². The topological polar surface area (TPSA) is 59.8 Å². The molecule has 148 valence electrons. The first-order valence-electron chi connectivity index (χ1n) is 9.94. The third-order valence-electron chi connectivity index (χ3n) is 4.88. The first-order valence-corrected chi connectivity index (χ1v) is 10.8. The summed E-state index contributed by atoms with van der Waals surface area (Å²) < 4.78 is 1.76. The van der Waals surface area contributed by atoms with Gasteiger partial charge in [-0.25, -0.2) is 4.68 Å². The van der Waals surface area contributed by atoms with Crippen molar-refractivity contribution in [1.82, 2.24) is 15.0 Å². The summed E-state index contributed by atoms with van der Waals surface area (Å²) in [6.07, 6.45) is 10.3. The second kappa shape index (κ2) is 9.56. The number of hydrogen-bond acceptors (Lipinski definition) is 4. The van der Waals surface area contributed by atoms with Gasteiger partial charge in [0.05, 0.1) is 12.7 Å². The molecule has 0 radical (unpaired) electrons. The van der Waals surface area contributed by atoms with Gasteiger partial charge in [-0.2, -0.15) is 0 Å². The van der Waals surface area contributed by atoms with E-state index in [0.717, 1.165) is 16.5 Å². The van der Waals surface area contributed by atoms with Crippen molar-refractivity contribution in [3.8, 4) is 0 Å². The molecule has 4 rings (SSSR count). The highest BCUT2D eigenvalue weighted by Crippen LogP contribution is 2.34. The summed E-state index contributed by atoms with van der Waals surface area (Å²) in [7, 11) is 0. The molecule has 1 heterocycles. The van der Waals surface area contributed by atoms with Crippen LogP contribution >= 0.6 is 11.8 Å². The molecule has 1 saturated carbocycles. The Labute approximate surface area is 175 Å². The van der Waals surface area contributed by atoms with Crippen molar-refractivity contribution in [3.63, 3.8) is 0 Å². The lowest BCUT2D eigenvalue weighted by Gasteiger charge is -2.09. The minimum Gasteiger partial charge on any atom is -0.323 e.